The lowest BCUT2D eigenvalue weighted by atomic mass is 9.71. The minimum Gasteiger partial charge on any atom is -0.370 e. The van der Waals surface area contributed by atoms with Gasteiger partial charge < -0.3 is 11.1 Å². The summed E-state index contributed by atoms with van der Waals surface area (Å²) < 4.78 is 0. The average molecular weight is 251 g/mol. The van der Waals surface area contributed by atoms with Crippen LogP contribution in [0.1, 0.15) is 52.9 Å². The van der Waals surface area contributed by atoms with Gasteiger partial charge in [-0.3, -0.25) is 4.99 Å². The van der Waals surface area contributed by atoms with Crippen LogP contribution in [0.15, 0.2) is 17.1 Å². The molecule has 3 heteroatoms. The first-order valence-electron chi connectivity index (χ1n) is 7.10. The molecule has 0 saturated heterocycles. The summed E-state index contributed by atoms with van der Waals surface area (Å²) >= 11 is 0. The van der Waals surface area contributed by atoms with E-state index in [4.69, 9.17) is 5.73 Å². The lowest BCUT2D eigenvalue weighted by Crippen LogP contribution is -2.35. The van der Waals surface area contributed by atoms with E-state index >= 15 is 0 Å². The van der Waals surface area contributed by atoms with Gasteiger partial charge in [-0.25, -0.2) is 0 Å². The third-order valence-corrected chi connectivity index (χ3v) is 3.94. The van der Waals surface area contributed by atoms with E-state index in [1.54, 1.807) is 0 Å². The van der Waals surface area contributed by atoms with Gasteiger partial charge >= 0.3 is 0 Å². The summed E-state index contributed by atoms with van der Waals surface area (Å²) in [5.74, 6) is 1.34. The van der Waals surface area contributed by atoms with Crippen molar-refractivity contribution in [3.63, 3.8) is 0 Å². The second-order valence-corrected chi connectivity index (χ2v) is 6.34. The Labute approximate surface area is 112 Å². The molecule has 0 radical (unpaired) electrons. The van der Waals surface area contributed by atoms with E-state index in [0.717, 1.165) is 18.0 Å². The van der Waals surface area contributed by atoms with Crippen LogP contribution < -0.4 is 11.1 Å². The fourth-order valence-corrected chi connectivity index (χ4v) is 2.60. The van der Waals surface area contributed by atoms with Gasteiger partial charge in [-0.05, 0) is 31.1 Å². The molecule has 1 aliphatic carbocycles. The van der Waals surface area contributed by atoms with E-state index in [9.17, 15) is 0 Å². The van der Waals surface area contributed by atoms with Crippen LogP contribution in [0.2, 0.25) is 0 Å². The Kier molecular flexibility index (Phi) is 5.70. The first kappa shape index (κ1) is 15.1. The van der Waals surface area contributed by atoms with Gasteiger partial charge in [0, 0.05) is 13.1 Å². The number of nitrogens with two attached hydrogens (primary N) is 1. The summed E-state index contributed by atoms with van der Waals surface area (Å²) in [5.41, 5.74) is 7.19. The summed E-state index contributed by atoms with van der Waals surface area (Å²) in [6.07, 6.45) is 6.85. The van der Waals surface area contributed by atoms with Gasteiger partial charge in [-0.1, -0.05) is 45.3 Å². The molecule has 0 aromatic carbocycles. The van der Waals surface area contributed by atoms with Crippen molar-refractivity contribution in [2.24, 2.45) is 22.1 Å². The Bertz CT molecular complexity index is 299. The van der Waals surface area contributed by atoms with E-state index in [1.165, 1.54) is 32.1 Å². The average Bonchev–Trinajstić information content (AvgIpc) is 2.35. The Hall–Kier alpha value is -0.990. The summed E-state index contributed by atoms with van der Waals surface area (Å²) in [5, 5.41) is 3.09. The predicted octanol–water partition coefficient (Wildman–Crippen LogP) is 3.07. The Morgan fingerprint density at radius 1 is 1.33 bits per heavy atom. The molecule has 0 bridgehead atoms. The molecule has 0 aliphatic heterocycles. The monoisotopic (exact) mass is 251 g/mol. The largest absolute Gasteiger partial charge is 0.370 e. The molecule has 1 aliphatic rings. The maximum absolute atomic E-state index is 5.86. The minimum absolute atomic E-state index is 0.260. The number of hydrogen-bond donors (Lipinski definition) is 2. The Morgan fingerprint density at radius 2 is 1.94 bits per heavy atom. The highest BCUT2D eigenvalue weighted by atomic mass is 15.1. The summed E-state index contributed by atoms with van der Waals surface area (Å²) in [6, 6.07) is 0. The quantitative estimate of drug-likeness (QED) is 0.448. The highest BCUT2D eigenvalue weighted by Crippen LogP contribution is 2.38. The molecule has 0 unspecified atom stereocenters. The first-order valence-corrected chi connectivity index (χ1v) is 7.10. The molecule has 1 saturated carbocycles. The zero-order valence-electron chi connectivity index (χ0n) is 12.3. The molecule has 0 atom stereocenters. The summed E-state index contributed by atoms with van der Waals surface area (Å²) in [7, 11) is 0. The second kappa shape index (κ2) is 6.81. The predicted molar refractivity (Wildman–Crippen MR) is 79.7 cm³/mol. The van der Waals surface area contributed by atoms with Crippen molar-refractivity contribution in [1.29, 1.82) is 0 Å². The number of nitrogens with zero attached hydrogens (tertiary/aromatic N) is 1. The molecule has 0 aromatic heterocycles. The third-order valence-electron chi connectivity index (χ3n) is 3.94. The van der Waals surface area contributed by atoms with E-state index in [0.29, 0.717) is 12.5 Å². The Morgan fingerprint density at radius 3 is 2.50 bits per heavy atom. The van der Waals surface area contributed by atoms with Crippen molar-refractivity contribution in [2.75, 3.05) is 13.1 Å². The maximum Gasteiger partial charge on any atom is 0.188 e. The lowest BCUT2D eigenvalue weighted by molar-refractivity contribution is 0.167. The van der Waals surface area contributed by atoms with Crippen LogP contribution in [0.3, 0.4) is 0 Å². The Balaban J connectivity index is 2.43. The third kappa shape index (κ3) is 5.11. The van der Waals surface area contributed by atoms with Gasteiger partial charge in [0.15, 0.2) is 5.96 Å². The number of aliphatic imine (C=N–C) groups is 1. The van der Waals surface area contributed by atoms with Crippen molar-refractivity contribution in [3.8, 4) is 0 Å². The van der Waals surface area contributed by atoms with Crippen molar-refractivity contribution in [1.82, 2.24) is 5.32 Å². The van der Waals surface area contributed by atoms with E-state index in [2.05, 4.69) is 30.7 Å². The molecule has 1 rings (SSSR count). The van der Waals surface area contributed by atoms with Gasteiger partial charge in [0.05, 0.1) is 0 Å². The standard InChI is InChI=1S/C15H29N3/c1-12(2)10-17-14(16)18-11-15(3,4)13-8-6-5-7-9-13/h13H,1,5-11H2,2-4H3,(H3,16,17,18). The SMILES string of the molecule is C=C(C)CNC(N)=NCC(C)(C)C1CCCCC1. The topological polar surface area (TPSA) is 50.4 Å². The van der Waals surface area contributed by atoms with Gasteiger partial charge in [0.25, 0.3) is 0 Å². The van der Waals surface area contributed by atoms with Crippen LogP contribution in [-0.2, 0) is 0 Å². The molecule has 0 spiro atoms. The number of guanidine groups is 1. The molecule has 18 heavy (non-hydrogen) atoms. The fourth-order valence-electron chi connectivity index (χ4n) is 2.60. The first-order chi connectivity index (χ1) is 8.42. The van der Waals surface area contributed by atoms with Gasteiger partial charge in [-0.15, -0.1) is 0 Å². The second-order valence-electron chi connectivity index (χ2n) is 6.34. The summed E-state index contributed by atoms with van der Waals surface area (Å²) in [4.78, 5) is 4.49. The minimum atomic E-state index is 0.260. The van der Waals surface area contributed by atoms with Gasteiger partial charge in [0.2, 0.25) is 0 Å². The van der Waals surface area contributed by atoms with Crippen molar-refractivity contribution >= 4 is 5.96 Å². The summed E-state index contributed by atoms with van der Waals surface area (Å²) in [6.45, 7) is 12.0. The van der Waals surface area contributed by atoms with Crippen LogP contribution in [0, 0.1) is 11.3 Å². The normalized spacial score (nSPS) is 18.7. The number of nitrogens with one attached hydrogen (secondary N) is 1. The zero-order valence-corrected chi connectivity index (χ0v) is 12.3. The zero-order chi connectivity index (χ0) is 13.6. The molecular weight excluding hydrogens is 222 g/mol. The van der Waals surface area contributed by atoms with Crippen LogP contribution in [0.25, 0.3) is 0 Å². The molecule has 3 N–H and O–H groups in total. The van der Waals surface area contributed by atoms with Gasteiger partial charge in [0.1, 0.15) is 0 Å². The smallest absolute Gasteiger partial charge is 0.188 e. The lowest BCUT2D eigenvalue weighted by Gasteiger charge is -2.36. The molecule has 0 heterocycles. The molecule has 0 aromatic rings. The van der Waals surface area contributed by atoms with Crippen LogP contribution in [-0.4, -0.2) is 19.0 Å². The fraction of sp³-hybridized carbons (Fsp3) is 0.800. The highest BCUT2D eigenvalue weighted by molar-refractivity contribution is 5.78. The van der Waals surface area contributed by atoms with Crippen molar-refractivity contribution in [2.45, 2.75) is 52.9 Å². The molecule has 1 fully saturated rings. The van der Waals surface area contributed by atoms with Crippen LogP contribution in [0.4, 0.5) is 0 Å². The number of hydrogen-bond acceptors (Lipinski definition) is 1. The van der Waals surface area contributed by atoms with E-state index in [-0.39, 0.29) is 5.41 Å². The molecule has 3 nitrogen and oxygen atoms in total. The van der Waals surface area contributed by atoms with Crippen molar-refractivity contribution in [3.05, 3.63) is 12.2 Å². The number of rotatable bonds is 5. The van der Waals surface area contributed by atoms with E-state index in [1.807, 2.05) is 6.92 Å². The molecule has 104 valence electrons. The van der Waals surface area contributed by atoms with Crippen LogP contribution in [0.5, 0.6) is 0 Å². The highest BCUT2D eigenvalue weighted by Gasteiger charge is 2.30. The van der Waals surface area contributed by atoms with Crippen LogP contribution >= 0.6 is 0 Å². The van der Waals surface area contributed by atoms with Gasteiger partial charge in [-0.2, -0.15) is 0 Å². The van der Waals surface area contributed by atoms with Crippen molar-refractivity contribution < 1.29 is 0 Å². The molecular formula is C15H29N3. The maximum atomic E-state index is 5.86. The molecule has 0 amide bonds. The van der Waals surface area contributed by atoms with E-state index < -0.39 is 0 Å².